The van der Waals surface area contributed by atoms with Crippen molar-refractivity contribution < 1.29 is 9.53 Å². The van der Waals surface area contributed by atoms with Crippen LogP contribution in [0.5, 0.6) is 0 Å². The van der Waals surface area contributed by atoms with Gasteiger partial charge in [0.25, 0.3) is 0 Å². The van der Waals surface area contributed by atoms with E-state index in [2.05, 4.69) is 10.6 Å². The summed E-state index contributed by atoms with van der Waals surface area (Å²) >= 11 is 0. The molecule has 0 radical (unpaired) electrons. The molecule has 0 saturated carbocycles. The van der Waals surface area contributed by atoms with Crippen molar-refractivity contribution in [3.8, 4) is 0 Å². The first-order valence-corrected chi connectivity index (χ1v) is 5.93. The van der Waals surface area contributed by atoms with E-state index in [9.17, 15) is 4.79 Å². The summed E-state index contributed by atoms with van der Waals surface area (Å²) in [5.74, 6) is 0.135. The largest absolute Gasteiger partial charge is 0.376 e. The molecule has 2 N–H and O–H groups in total. The summed E-state index contributed by atoms with van der Waals surface area (Å²) in [6.45, 7) is 3.84. The molecule has 2 aliphatic rings. The van der Waals surface area contributed by atoms with E-state index in [0.29, 0.717) is 0 Å². The van der Waals surface area contributed by atoms with Gasteiger partial charge in [-0.3, -0.25) is 4.79 Å². The normalized spacial score (nSPS) is 32.9. The third kappa shape index (κ3) is 2.69. The number of carbonyl (C=O) groups is 1. The van der Waals surface area contributed by atoms with Crippen molar-refractivity contribution >= 4 is 5.91 Å². The van der Waals surface area contributed by atoms with Crippen LogP contribution in [0.2, 0.25) is 0 Å². The minimum Gasteiger partial charge on any atom is -0.376 e. The molecule has 2 heterocycles. The Morgan fingerprint density at radius 3 is 2.93 bits per heavy atom. The summed E-state index contributed by atoms with van der Waals surface area (Å²) in [5, 5.41) is 6.24. The van der Waals surface area contributed by atoms with Crippen LogP contribution in [-0.2, 0) is 9.53 Å². The lowest BCUT2D eigenvalue weighted by Crippen LogP contribution is -2.48. The van der Waals surface area contributed by atoms with Crippen LogP contribution in [0.25, 0.3) is 0 Å². The molecule has 0 spiro atoms. The van der Waals surface area contributed by atoms with Crippen LogP contribution < -0.4 is 10.6 Å². The SMILES string of the molecule is CC(NC(=O)C1CCCN1)C1CCCO1. The lowest BCUT2D eigenvalue weighted by molar-refractivity contribution is -0.124. The van der Waals surface area contributed by atoms with Crippen LogP contribution in [0.3, 0.4) is 0 Å². The van der Waals surface area contributed by atoms with Gasteiger partial charge in [0, 0.05) is 6.61 Å². The second kappa shape index (κ2) is 4.94. The van der Waals surface area contributed by atoms with Crippen LogP contribution in [0, 0.1) is 0 Å². The zero-order valence-electron chi connectivity index (χ0n) is 9.29. The maximum Gasteiger partial charge on any atom is 0.237 e. The van der Waals surface area contributed by atoms with Gasteiger partial charge in [-0.1, -0.05) is 0 Å². The number of rotatable bonds is 3. The summed E-state index contributed by atoms with van der Waals surface area (Å²) in [6.07, 6.45) is 4.47. The second-order valence-corrected chi connectivity index (χ2v) is 4.50. The highest BCUT2D eigenvalue weighted by atomic mass is 16.5. The maximum absolute atomic E-state index is 11.8. The molecule has 2 rings (SSSR count). The highest BCUT2D eigenvalue weighted by Crippen LogP contribution is 2.15. The highest BCUT2D eigenvalue weighted by Gasteiger charge is 2.27. The van der Waals surface area contributed by atoms with Crippen LogP contribution in [-0.4, -0.2) is 37.2 Å². The lowest BCUT2D eigenvalue weighted by atomic mass is 10.1. The van der Waals surface area contributed by atoms with Gasteiger partial charge in [0.05, 0.1) is 18.2 Å². The van der Waals surface area contributed by atoms with Gasteiger partial charge in [0.2, 0.25) is 5.91 Å². The fourth-order valence-corrected chi connectivity index (χ4v) is 2.32. The Bertz CT molecular complexity index is 221. The predicted molar refractivity (Wildman–Crippen MR) is 57.6 cm³/mol. The van der Waals surface area contributed by atoms with Crippen LogP contribution in [0.15, 0.2) is 0 Å². The number of carbonyl (C=O) groups excluding carboxylic acids is 1. The minimum atomic E-state index is 0.0221. The van der Waals surface area contributed by atoms with Crippen molar-refractivity contribution in [1.29, 1.82) is 0 Å². The molecule has 3 atom stereocenters. The molecule has 86 valence electrons. The molecule has 15 heavy (non-hydrogen) atoms. The molecule has 2 fully saturated rings. The van der Waals surface area contributed by atoms with E-state index in [-0.39, 0.29) is 24.1 Å². The van der Waals surface area contributed by atoms with Gasteiger partial charge in [-0.15, -0.1) is 0 Å². The van der Waals surface area contributed by atoms with E-state index >= 15 is 0 Å². The third-order valence-electron chi connectivity index (χ3n) is 3.27. The molecule has 2 saturated heterocycles. The number of amides is 1. The predicted octanol–water partition coefficient (Wildman–Crippen LogP) is 0.422. The van der Waals surface area contributed by atoms with Crippen LogP contribution in [0.4, 0.5) is 0 Å². The Balaban J connectivity index is 1.77. The van der Waals surface area contributed by atoms with Crippen molar-refractivity contribution in [3.05, 3.63) is 0 Å². The van der Waals surface area contributed by atoms with E-state index < -0.39 is 0 Å². The summed E-state index contributed by atoms with van der Waals surface area (Å²) in [6, 6.07) is 0.163. The molecule has 0 aliphatic carbocycles. The van der Waals surface area contributed by atoms with E-state index in [1.165, 1.54) is 0 Å². The summed E-state index contributed by atoms with van der Waals surface area (Å²) in [4.78, 5) is 11.8. The number of hydrogen-bond donors (Lipinski definition) is 2. The standard InChI is InChI=1S/C11H20N2O2/c1-8(10-5-3-7-15-10)13-11(14)9-4-2-6-12-9/h8-10,12H,2-7H2,1H3,(H,13,14). The number of ether oxygens (including phenoxy) is 1. The van der Waals surface area contributed by atoms with Gasteiger partial charge in [0.1, 0.15) is 0 Å². The summed E-state index contributed by atoms with van der Waals surface area (Å²) in [7, 11) is 0. The van der Waals surface area contributed by atoms with Gasteiger partial charge >= 0.3 is 0 Å². The summed E-state index contributed by atoms with van der Waals surface area (Å²) in [5.41, 5.74) is 0. The van der Waals surface area contributed by atoms with Crippen molar-refractivity contribution in [2.24, 2.45) is 0 Å². The monoisotopic (exact) mass is 212 g/mol. The van der Waals surface area contributed by atoms with Gasteiger partial charge < -0.3 is 15.4 Å². The van der Waals surface area contributed by atoms with E-state index in [0.717, 1.165) is 38.8 Å². The quantitative estimate of drug-likeness (QED) is 0.713. The van der Waals surface area contributed by atoms with Gasteiger partial charge in [-0.25, -0.2) is 0 Å². The Morgan fingerprint density at radius 1 is 1.47 bits per heavy atom. The molecule has 4 heteroatoms. The van der Waals surface area contributed by atoms with Crippen molar-refractivity contribution in [1.82, 2.24) is 10.6 Å². The summed E-state index contributed by atoms with van der Waals surface area (Å²) < 4.78 is 5.54. The van der Waals surface area contributed by atoms with Crippen LogP contribution >= 0.6 is 0 Å². The Kier molecular flexibility index (Phi) is 3.59. The van der Waals surface area contributed by atoms with E-state index in [4.69, 9.17) is 4.74 Å². The fraction of sp³-hybridized carbons (Fsp3) is 0.909. The fourth-order valence-electron chi connectivity index (χ4n) is 2.32. The average Bonchev–Trinajstić information content (AvgIpc) is 2.91. The van der Waals surface area contributed by atoms with Gasteiger partial charge in [-0.05, 0) is 39.2 Å². The molecule has 0 bridgehead atoms. The topological polar surface area (TPSA) is 50.4 Å². The Hall–Kier alpha value is -0.610. The molecule has 0 aromatic carbocycles. The maximum atomic E-state index is 11.8. The van der Waals surface area contributed by atoms with Crippen molar-refractivity contribution in [2.45, 2.75) is 50.8 Å². The first-order chi connectivity index (χ1) is 7.27. The average molecular weight is 212 g/mol. The third-order valence-corrected chi connectivity index (χ3v) is 3.27. The smallest absolute Gasteiger partial charge is 0.237 e. The molecule has 0 aromatic rings. The van der Waals surface area contributed by atoms with E-state index in [1.807, 2.05) is 6.92 Å². The first-order valence-electron chi connectivity index (χ1n) is 5.93. The Morgan fingerprint density at radius 2 is 2.33 bits per heavy atom. The number of hydrogen-bond acceptors (Lipinski definition) is 3. The van der Waals surface area contributed by atoms with Gasteiger partial charge in [-0.2, -0.15) is 0 Å². The van der Waals surface area contributed by atoms with Crippen LogP contribution in [0.1, 0.15) is 32.6 Å². The van der Waals surface area contributed by atoms with E-state index in [1.54, 1.807) is 0 Å². The zero-order chi connectivity index (χ0) is 10.7. The van der Waals surface area contributed by atoms with Crippen molar-refractivity contribution in [3.63, 3.8) is 0 Å². The molecule has 0 aromatic heterocycles. The molecular weight excluding hydrogens is 192 g/mol. The molecule has 4 nitrogen and oxygen atoms in total. The second-order valence-electron chi connectivity index (χ2n) is 4.50. The number of nitrogens with one attached hydrogen (secondary N) is 2. The molecule has 2 aliphatic heterocycles. The van der Waals surface area contributed by atoms with Gasteiger partial charge in [0.15, 0.2) is 0 Å². The Labute approximate surface area is 90.8 Å². The molecule has 1 amide bonds. The first kappa shape index (κ1) is 10.9. The molecule has 3 unspecified atom stereocenters. The minimum absolute atomic E-state index is 0.0221. The zero-order valence-corrected chi connectivity index (χ0v) is 9.29. The highest BCUT2D eigenvalue weighted by molar-refractivity contribution is 5.82. The lowest BCUT2D eigenvalue weighted by Gasteiger charge is -2.21. The molecular formula is C11H20N2O2. The van der Waals surface area contributed by atoms with Crippen molar-refractivity contribution in [2.75, 3.05) is 13.2 Å².